The van der Waals surface area contributed by atoms with Crippen molar-refractivity contribution in [1.29, 1.82) is 0 Å². The average molecular weight is 542 g/mol. The van der Waals surface area contributed by atoms with E-state index in [-0.39, 0.29) is 54.0 Å². The van der Waals surface area contributed by atoms with E-state index in [2.05, 4.69) is 11.8 Å². The second kappa shape index (κ2) is 9.82. The van der Waals surface area contributed by atoms with Crippen LogP contribution in [0.4, 0.5) is 0 Å². The minimum absolute atomic E-state index is 0.0282. The summed E-state index contributed by atoms with van der Waals surface area (Å²) in [7, 11) is 0. The predicted octanol–water partition coefficient (Wildman–Crippen LogP) is 3.35. The van der Waals surface area contributed by atoms with E-state index in [1.165, 1.54) is 24.3 Å². The minimum atomic E-state index is -1.73. The molecule has 10 heteroatoms. The molecule has 0 aliphatic heterocycles. The summed E-state index contributed by atoms with van der Waals surface area (Å²) in [6.07, 6.45) is 4.96. The molecule has 0 saturated heterocycles. The van der Waals surface area contributed by atoms with Crippen molar-refractivity contribution in [2.24, 2.45) is 28.6 Å². The number of nitrogens with zero attached hydrogens (tertiary/aromatic N) is 1. The largest absolute Gasteiger partial charge is 0.454 e. The third kappa shape index (κ3) is 4.47. The fraction of sp³-hybridized carbons (Fsp3) is 0.621. The van der Waals surface area contributed by atoms with Gasteiger partial charge in [0.2, 0.25) is 5.78 Å². The van der Waals surface area contributed by atoms with Crippen LogP contribution < -0.4 is 0 Å². The molecule has 0 bridgehead atoms. The van der Waals surface area contributed by atoms with Gasteiger partial charge in [0.05, 0.1) is 11.7 Å². The van der Waals surface area contributed by atoms with Crippen LogP contribution in [0.2, 0.25) is 0 Å². The normalized spacial score (nSPS) is 37.1. The molecule has 7 unspecified atom stereocenters. The number of allylic oxidation sites excluding steroid dienone is 1. The molecule has 3 fully saturated rings. The van der Waals surface area contributed by atoms with Crippen LogP contribution in [-0.2, 0) is 25.8 Å². The average Bonchev–Trinajstić information content (AvgIpc) is 3.17. The number of hydrogen-bond donors (Lipinski definition) is 2. The fourth-order valence-electron chi connectivity index (χ4n) is 8.35. The highest BCUT2D eigenvalue weighted by molar-refractivity contribution is 5.94. The zero-order chi connectivity index (χ0) is 28.2. The predicted molar refractivity (Wildman–Crippen MR) is 137 cm³/mol. The maximum absolute atomic E-state index is 13.4. The summed E-state index contributed by atoms with van der Waals surface area (Å²) >= 11 is 0. The van der Waals surface area contributed by atoms with Gasteiger partial charge in [-0.2, -0.15) is 0 Å². The van der Waals surface area contributed by atoms with E-state index in [9.17, 15) is 34.7 Å². The van der Waals surface area contributed by atoms with E-state index >= 15 is 0 Å². The lowest BCUT2D eigenvalue weighted by Crippen LogP contribution is -2.62. The molecular weight excluding hydrogens is 506 g/mol. The number of carbonyl (C=O) groups is 3. The van der Waals surface area contributed by atoms with Gasteiger partial charge in [0, 0.05) is 11.8 Å². The molecule has 10 nitrogen and oxygen atoms in total. The molecule has 0 radical (unpaired) electrons. The molecule has 3 saturated carbocycles. The molecule has 210 valence electrons. The number of rotatable bonds is 7. The Morgan fingerprint density at radius 2 is 1.85 bits per heavy atom. The van der Waals surface area contributed by atoms with E-state index in [1.54, 1.807) is 6.08 Å². The van der Waals surface area contributed by atoms with Crippen LogP contribution in [0.15, 0.2) is 35.9 Å². The Morgan fingerprint density at radius 1 is 1.13 bits per heavy atom. The molecular formula is C29H35NO9. The van der Waals surface area contributed by atoms with Crippen molar-refractivity contribution in [3.8, 4) is 0 Å². The van der Waals surface area contributed by atoms with Crippen molar-refractivity contribution in [3.05, 3.63) is 57.2 Å². The first-order valence-electron chi connectivity index (χ1n) is 13.6. The summed E-state index contributed by atoms with van der Waals surface area (Å²) in [6, 6.07) is 5.84. The summed E-state index contributed by atoms with van der Waals surface area (Å²) in [5.74, 6) is -1.06. The summed E-state index contributed by atoms with van der Waals surface area (Å²) in [6.45, 7) is 3.19. The number of Topliss-reactive ketones (excluding diaryl/α,β-unsaturated/α-hetero) is 1. The maximum Gasteiger partial charge on any atom is 0.338 e. The zero-order valence-electron chi connectivity index (χ0n) is 22.3. The Labute approximate surface area is 226 Å². The lowest BCUT2D eigenvalue weighted by Gasteiger charge is -2.60. The quantitative estimate of drug-likeness (QED) is 0.300. The highest BCUT2D eigenvalue weighted by Gasteiger charge is 2.68. The monoisotopic (exact) mass is 541 g/mol. The number of carbonyl (C=O) groups excluding carboxylic acids is 3. The number of aliphatic hydroxyl groups excluding tert-OH is 1. The van der Waals surface area contributed by atoms with Crippen molar-refractivity contribution >= 4 is 17.5 Å². The van der Waals surface area contributed by atoms with Gasteiger partial charge in [0.25, 0.3) is 5.09 Å². The van der Waals surface area contributed by atoms with Gasteiger partial charge in [-0.1, -0.05) is 31.6 Å². The van der Waals surface area contributed by atoms with Crippen molar-refractivity contribution in [2.75, 3.05) is 6.61 Å². The first-order chi connectivity index (χ1) is 18.4. The van der Waals surface area contributed by atoms with Crippen LogP contribution in [0.5, 0.6) is 0 Å². The van der Waals surface area contributed by atoms with Crippen LogP contribution in [-0.4, -0.2) is 51.1 Å². The van der Waals surface area contributed by atoms with Crippen molar-refractivity contribution in [2.45, 2.75) is 77.1 Å². The van der Waals surface area contributed by atoms with Crippen LogP contribution in [0.25, 0.3) is 0 Å². The highest BCUT2D eigenvalue weighted by atomic mass is 16.9. The topological polar surface area (TPSA) is 153 Å². The van der Waals surface area contributed by atoms with Crippen LogP contribution in [0, 0.1) is 38.7 Å². The lowest BCUT2D eigenvalue weighted by atomic mass is 9.45. The SMILES string of the molecule is CC12CCC(=O)C=C1CCC1C2C(O)CC2(C)C1CCC2(O)C(=O)COC(=O)c1ccc(CO[N+](=O)[O-])cc1. The van der Waals surface area contributed by atoms with E-state index < -0.39 is 40.6 Å². The molecule has 7 atom stereocenters. The second-order valence-electron chi connectivity index (χ2n) is 12.2. The summed E-state index contributed by atoms with van der Waals surface area (Å²) in [5, 5.41) is 32.7. The van der Waals surface area contributed by atoms with E-state index in [1.807, 2.05) is 6.92 Å². The number of esters is 1. The molecule has 0 heterocycles. The molecule has 1 aromatic rings. The summed E-state index contributed by atoms with van der Waals surface area (Å²) in [5.41, 5.74) is -1.08. The Hall–Kier alpha value is -3.11. The molecule has 2 N–H and O–H groups in total. The lowest BCUT2D eigenvalue weighted by molar-refractivity contribution is -0.763. The second-order valence-corrected chi connectivity index (χ2v) is 12.2. The Morgan fingerprint density at radius 3 is 2.54 bits per heavy atom. The first kappa shape index (κ1) is 27.5. The molecule has 0 amide bonds. The fourth-order valence-corrected chi connectivity index (χ4v) is 8.35. The Bertz CT molecular complexity index is 1230. The van der Waals surface area contributed by atoms with Gasteiger partial charge in [0.1, 0.15) is 12.2 Å². The molecule has 1 aromatic carbocycles. The summed E-state index contributed by atoms with van der Waals surface area (Å²) in [4.78, 5) is 52.7. The Balaban J connectivity index is 1.28. The van der Waals surface area contributed by atoms with E-state index in [4.69, 9.17) is 4.74 Å². The molecule has 0 aromatic heterocycles. The number of ether oxygens (including phenoxy) is 1. The number of benzene rings is 1. The van der Waals surface area contributed by atoms with Crippen LogP contribution >= 0.6 is 0 Å². The number of aliphatic hydroxyl groups is 2. The highest BCUT2D eigenvalue weighted by Crippen LogP contribution is 2.67. The maximum atomic E-state index is 13.4. The first-order valence-corrected chi connectivity index (χ1v) is 13.6. The van der Waals surface area contributed by atoms with Crippen molar-refractivity contribution in [3.63, 3.8) is 0 Å². The van der Waals surface area contributed by atoms with Crippen LogP contribution in [0.3, 0.4) is 0 Å². The Kier molecular flexibility index (Phi) is 6.91. The smallest absolute Gasteiger partial charge is 0.338 e. The van der Waals surface area contributed by atoms with Gasteiger partial charge < -0.3 is 19.8 Å². The molecule has 4 aliphatic carbocycles. The van der Waals surface area contributed by atoms with Gasteiger partial charge in [-0.25, -0.2) is 4.79 Å². The third-order valence-corrected chi connectivity index (χ3v) is 10.4. The molecule has 39 heavy (non-hydrogen) atoms. The zero-order valence-corrected chi connectivity index (χ0v) is 22.3. The van der Waals surface area contributed by atoms with Gasteiger partial charge in [-0.3, -0.25) is 9.59 Å². The van der Waals surface area contributed by atoms with E-state index in [0.29, 0.717) is 24.8 Å². The summed E-state index contributed by atoms with van der Waals surface area (Å²) < 4.78 is 5.27. The van der Waals surface area contributed by atoms with Crippen molar-refractivity contribution in [1.82, 2.24) is 0 Å². The standard InChI is InChI=1S/C29H35NO9/c1-27-11-9-20(31)13-19(27)7-8-21-22-10-12-29(35,28(22,2)14-23(32)25(21)27)24(33)16-38-26(34)18-5-3-17(4-6-18)15-39-30(36)37/h3-6,13,21-23,25,32,35H,7-12,14-16H2,1-2H3. The van der Waals surface area contributed by atoms with Gasteiger partial charge in [0.15, 0.2) is 12.4 Å². The van der Waals surface area contributed by atoms with Gasteiger partial charge in [-0.15, -0.1) is 10.1 Å². The van der Waals surface area contributed by atoms with E-state index in [0.717, 1.165) is 18.4 Å². The number of fused-ring (bicyclic) bond motifs is 5. The number of ketones is 2. The molecule has 4 aliphatic rings. The van der Waals surface area contributed by atoms with Gasteiger partial charge >= 0.3 is 5.97 Å². The van der Waals surface area contributed by atoms with Crippen LogP contribution in [0.1, 0.15) is 74.7 Å². The van der Waals surface area contributed by atoms with Crippen molar-refractivity contribution < 1.29 is 39.3 Å². The minimum Gasteiger partial charge on any atom is -0.454 e. The molecule has 0 spiro atoms. The van der Waals surface area contributed by atoms with Gasteiger partial charge in [-0.05, 0) is 85.5 Å². The number of hydrogen-bond acceptors (Lipinski definition) is 9. The molecule has 5 rings (SSSR count). The third-order valence-electron chi connectivity index (χ3n) is 10.4.